The van der Waals surface area contributed by atoms with E-state index in [0.717, 1.165) is 19.3 Å². The average Bonchev–Trinajstić information content (AvgIpc) is 2.70. The molecule has 1 aliphatic heterocycles. The van der Waals surface area contributed by atoms with E-state index >= 15 is 0 Å². The van der Waals surface area contributed by atoms with Gasteiger partial charge in [-0.3, -0.25) is 4.68 Å². The third-order valence-corrected chi connectivity index (χ3v) is 6.21. The minimum Gasteiger partial charge on any atom is -0.322 e. The number of hydrogen-bond acceptors (Lipinski definition) is 4. The minimum atomic E-state index is -3.12. The van der Waals surface area contributed by atoms with Crippen LogP contribution in [0, 0.1) is 0 Å². The van der Waals surface area contributed by atoms with Gasteiger partial charge in [0.15, 0.2) is 9.84 Å². The van der Waals surface area contributed by atoms with Crippen LogP contribution in [0.4, 0.5) is 0 Å². The lowest BCUT2D eigenvalue weighted by molar-refractivity contribution is 0.475. The number of aryl methyl sites for hydroxylation is 1. The maximum absolute atomic E-state index is 12.1. The van der Waals surface area contributed by atoms with Crippen molar-refractivity contribution in [2.75, 3.05) is 5.75 Å². The lowest BCUT2D eigenvalue weighted by Crippen LogP contribution is -2.39. The first-order chi connectivity index (χ1) is 8.97. The normalized spacial score (nSPS) is 24.3. The van der Waals surface area contributed by atoms with Crippen molar-refractivity contribution in [2.45, 2.75) is 50.4 Å². The molecule has 1 fully saturated rings. The standard InChI is InChI=1S/C12H20ClN3O2S/c1-2-6-16-12(9(13)8-15-16)11(14)10-5-3-4-7-19(10,17)18/h8,10-11H,2-7,14H2,1H3. The molecule has 2 heterocycles. The number of rotatable bonds is 4. The van der Waals surface area contributed by atoms with Crippen LogP contribution in [0.2, 0.25) is 5.02 Å². The first kappa shape index (κ1) is 14.8. The van der Waals surface area contributed by atoms with Crippen molar-refractivity contribution in [2.24, 2.45) is 5.73 Å². The molecule has 1 aromatic heterocycles. The molecule has 5 nitrogen and oxygen atoms in total. The van der Waals surface area contributed by atoms with Crippen LogP contribution in [0.5, 0.6) is 0 Å². The highest BCUT2D eigenvalue weighted by atomic mass is 35.5. The lowest BCUT2D eigenvalue weighted by Gasteiger charge is -2.28. The van der Waals surface area contributed by atoms with Gasteiger partial charge in [0, 0.05) is 6.54 Å². The number of halogens is 1. The van der Waals surface area contributed by atoms with Gasteiger partial charge in [0.2, 0.25) is 0 Å². The summed E-state index contributed by atoms with van der Waals surface area (Å²) in [5, 5.41) is 4.10. The third-order valence-electron chi connectivity index (χ3n) is 3.61. The Hall–Kier alpha value is -0.590. The van der Waals surface area contributed by atoms with E-state index in [0.29, 0.717) is 23.7 Å². The van der Waals surface area contributed by atoms with Gasteiger partial charge in [0.25, 0.3) is 0 Å². The van der Waals surface area contributed by atoms with Crippen molar-refractivity contribution in [3.8, 4) is 0 Å². The van der Waals surface area contributed by atoms with E-state index in [-0.39, 0.29) is 5.75 Å². The van der Waals surface area contributed by atoms with Gasteiger partial charge >= 0.3 is 0 Å². The fourth-order valence-electron chi connectivity index (χ4n) is 2.65. The maximum Gasteiger partial charge on any atom is 0.155 e. The smallest absolute Gasteiger partial charge is 0.155 e. The summed E-state index contributed by atoms with van der Waals surface area (Å²) >= 11 is 6.13. The van der Waals surface area contributed by atoms with Crippen LogP contribution in [0.1, 0.15) is 44.3 Å². The zero-order valence-electron chi connectivity index (χ0n) is 11.0. The molecule has 108 valence electrons. The van der Waals surface area contributed by atoms with Crippen LogP contribution in [-0.2, 0) is 16.4 Å². The fourth-order valence-corrected chi connectivity index (χ4v) is 4.93. The molecule has 0 saturated carbocycles. The summed E-state index contributed by atoms with van der Waals surface area (Å²) in [5.74, 6) is 0.227. The van der Waals surface area contributed by atoms with Crippen LogP contribution in [-0.4, -0.2) is 29.2 Å². The number of sulfone groups is 1. The number of nitrogens with zero attached hydrogens (tertiary/aromatic N) is 2. The van der Waals surface area contributed by atoms with Gasteiger partial charge < -0.3 is 5.73 Å². The molecule has 0 amide bonds. The average molecular weight is 306 g/mol. The second-order valence-electron chi connectivity index (χ2n) is 5.03. The lowest BCUT2D eigenvalue weighted by atomic mass is 10.0. The molecule has 2 unspecified atom stereocenters. The Bertz CT molecular complexity index is 541. The molecule has 0 aliphatic carbocycles. The maximum atomic E-state index is 12.1. The Morgan fingerprint density at radius 2 is 2.32 bits per heavy atom. The molecule has 2 N–H and O–H groups in total. The molecule has 7 heteroatoms. The molecular formula is C12H20ClN3O2S. The summed E-state index contributed by atoms with van der Waals surface area (Å²) in [5.41, 5.74) is 6.85. The molecule has 2 atom stereocenters. The monoisotopic (exact) mass is 305 g/mol. The Morgan fingerprint density at radius 3 is 2.95 bits per heavy atom. The molecule has 0 bridgehead atoms. The Labute approximate surface area is 119 Å². The highest BCUT2D eigenvalue weighted by Gasteiger charge is 2.36. The van der Waals surface area contributed by atoms with E-state index in [1.54, 1.807) is 10.9 Å². The van der Waals surface area contributed by atoms with Crippen LogP contribution < -0.4 is 5.73 Å². The summed E-state index contributed by atoms with van der Waals surface area (Å²) in [6.45, 7) is 2.73. The van der Waals surface area contributed by atoms with Crippen molar-refractivity contribution >= 4 is 21.4 Å². The van der Waals surface area contributed by atoms with Crippen molar-refractivity contribution in [3.63, 3.8) is 0 Å². The fraction of sp³-hybridized carbons (Fsp3) is 0.750. The van der Waals surface area contributed by atoms with E-state index in [1.165, 1.54) is 0 Å². The Kier molecular flexibility index (Phi) is 4.53. The molecule has 19 heavy (non-hydrogen) atoms. The van der Waals surface area contributed by atoms with Crippen LogP contribution in [0.25, 0.3) is 0 Å². The molecule has 2 rings (SSSR count). The quantitative estimate of drug-likeness (QED) is 0.921. The van der Waals surface area contributed by atoms with Crippen molar-refractivity contribution < 1.29 is 8.42 Å². The van der Waals surface area contributed by atoms with Crippen molar-refractivity contribution in [1.29, 1.82) is 0 Å². The SMILES string of the molecule is CCCn1ncc(Cl)c1C(N)C1CCCCS1(=O)=O. The largest absolute Gasteiger partial charge is 0.322 e. The molecule has 1 aromatic rings. The molecule has 0 aromatic carbocycles. The molecular weight excluding hydrogens is 286 g/mol. The third kappa shape index (κ3) is 2.95. The van der Waals surface area contributed by atoms with Gasteiger partial charge in [-0.1, -0.05) is 24.9 Å². The van der Waals surface area contributed by atoms with Crippen molar-refractivity contribution in [3.05, 3.63) is 16.9 Å². The van der Waals surface area contributed by atoms with Crippen LogP contribution in [0.15, 0.2) is 6.20 Å². The summed E-state index contributed by atoms with van der Waals surface area (Å²) in [7, 11) is -3.12. The van der Waals surface area contributed by atoms with E-state index in [1.807, 2.05) is 6.92 Å². The summed E-state index contributed by atoms with van der Waals surface area (Å²) in [4.78, 5) is 0. The van der Waals surface area contributed by atoms with Crippen molar-refractivity contribution in [1.82, 2.24) is 9.78 Å². The Morgan fingerprint density at radius 1 is 1.58 bits per heavy atom. The van der Waals surface area contributed by atoms with E-state index in [2.05, 4.69) is 5.10 Å². The summed E-state index contributed by atoms with van der Waals surface area (Å²) in [6.07, 6.45) is 4.68. The van der Waals surface area contributed by atoms with E-state index in [9.17, 15) is 8.42 Å². The van der Waals surface area contributed by atoms with Gasteiger partial charge in [0.05, 0.1) is 34.0 Å². The van der Waals surface area contributed by atoms with Gasteiger partial charge in [-0.25, -0.2) is 8.42 Å². The second-order valence-corrected chi connectivity index (χ2v) is 7.77. The van der Waals surface area contributed by atoms with Gasteiger partial charge in [-0.05, 0) is 19.3 Å². The van der Waals surface area contributed by atoms with Gasteiger partial charge in [-0.2, -0.15) is 5.10 Å². The number of nitrogens with two attached hydrogens (primary N) is 1. The van der Waals surface area contributed by atoms with Crippen LogP contribution >= 0.6 is 11.6 Å². The zero-order valence-corrected chi connectivity index (χ0v) is 12.6. The number of aromatic nitrogens is 2. The first-order valence-corrected chi connectivity index (χ1v) is 8.75. The van der Waals surface area contributed by atoms with Gasteiger partial charge in [0.1, 0.15) is 0 Å². The molecule has 1 aliphatic rings. The highest BCUT2D eigenvalue weighted by Crippen LogP contribution is 2.32. The predicted molar refractivity (Wildman–Crippen MR) is 75.9 cm³/mol. The summed E-state index contributed by atoms with van der Waals surface area (Å²) in [6, 6.07) is -0.591. The van der Waals surface area contributed by atoms with Gasteiger partial charge in [-0.15, -0.1) is 0 Å². The number of hydrogen-bond donors (Lipinski definition) is 1. The van der Waals surface area contributed by atoms with Crippen LogP contribution in [0.3, 0.4) is 0 Å². The molecule has 0 spiro atoms. The molecule has 0 radical (unpaired) electrons. The second kappa shape index (κ2) is 5.81. The zero-order chi connectivity index (χ0) is 14.0. The summed E-state index contributed by atoms with van der Waals surface area (Å²) < 4.78 is 26.0. The molecule has 1 saturated heterocycles. The predicted octanol–water partition coefficient (Wildman–Crippen LogP) is 1.91. The highest BCUT2D eigenvalue weighted by molar-refractivity contribution is 7.92. The Balaban J connectivity index is 2.33. The first-order valence-electron chi connectivity index (χ1n) is 6.65. The topological polar surface area (TPSA) is 78.0 Å². The van der Waals surface area contributed by atoms with E-state index < -0.39 is 21.1 Å². The van der Waals surface area contributed by atoms with E-state index in [4.69, 9.17) is 17.3 Å². The minimum absolute atomic E-state index is 0.227.